The van der Waals surface area contributed by atoms with E-state index in [1.54, 1.807) is 6.92 Å². The molecule has 0 saturated carbocycles. The maximum absolute atomic E-state index is 11.5. The van der Waals surface area contributed by atoms with Crippen molar-refractivity contribution in [1.82, 2.24) is 20.1 Å². The SMILES string of the molecule is CCN(CC(=O)O)C(=O)Nc1nccnn1. The molecule has 0 aliphatic carbocycles. The lowest BCUT2D eigenvalue weighted by atomic mass is 10.5. The summed E-state index contributed by atoms with van der Waals surface area (Å²) in [7, 11) is 0. The predicted molar refractivity (Wildman–Crippen MR) is 53.7 cm³/mol. The van der Waals surface area contributed by atoms with Gasteiger partial charge in [0.05, 0.1) is 12.4 Å². The van der Waals surface area contributed by atoms with Crippen LogP contribution in [-0.2, 0) is 4.79 Å². The van der Waals surface area contributed by atoms with Crippen LogP contribution in [0.3, 0.4) is 0 Å². The number of carbonyl (C=O) groups excluding carboxylic acids is 1. The topological polar surface area (TPSA) is 108 Å². The molecule has 16 heavy (non-hydrogen) atoms. The third kappa shape index (κ3) is 3.48. The molecule has 0 aliphatic rings. The predicted octanol–water partition coefficient (Wildman–Crippen LogP) is -0.190. The van der Waals surface area contributed by atoms with Crippen LogP contribution in [-0.4, -0.2) is 50.3 Å². The number of aromatic nitrogens is 3. The number of likely N-dealkylation sites (N-methyl/N-ethyl adjacent to an activating group) is 1. The number of hydrogen-bond donors (Lipinski definition) is 2. The number of carboxylic acids is 1. The van der Waals surface area contributed by atoms with Gasteiger partial charge in [-0.25, -0.2) is 9.78 Å². The Morgan fingerprint density at radius 3 is 2.75 bits per heavy atom. The molecule has 0 saturated heterocycles. The average Bonchev–Trinajstić information content (AvgIpc) is 2.26. The normalized spacial score (nSPS) is 9.56. The van der Waals surface area contributed by atoms with E-state index in [0.29, 0.717) is 0 Å². The largest absolute Gasteiger partial charge is 0.480 e. The summed E-state index contributed by atoms with van der Waals surface area (Å²) < 4.78 is 0. The highest BCUT2D eigenvalue weighted by Crippen LogP contribution is 1.97. The first kappa shape index (κ1) is 11.8. The molecule has 0 bridgehead atoms. The van der Waals surface area contributed by atoms with Crippen LogP contribution >= 0.6 is 0 Å². The van der Waals surface area contributed by atoms with E-state index in [-0.39, 0.29) is 19.0 Å². The van der Waals surface area contributed by atoms with Crippen LogP contribution in [0.4, 0.5) is 10.7 Å². The molecule has 0 spiro atoms. The lowest BCUT2D eigenvalue weighted by molar-refractivity contribution is -0.137. The summed E-state index contributed by atoms with van der Waals surface area (Å²) >= 11 is 0. The molecule has 0 atom stereocenters. The molecule has 2 amide bonds. The van der Waals surface area contributed by atoms with Crippen molar-refractivity contribution in [2.75, 3.05) is 18.4 Å². The molecular formula is C8H11N5O3. The van der Waals surface area contributed by atoms with E-state index in [0.717, 1.165) is 4.90 Å². The fourth-order valence-corrected chi connectivity index (χ4v) is 0.970. The fraction of sp³-hybridized carbons (Fsp3) is 0.375. The molecule has 86 valence electrons. The highest BCUT2D eigenvalue weighted by atomic mass is 16.4. The Morgan fingerprint density at radius 1 is 1.50 bits per heavy atom. The van der Waals surface area contributed by atoms with Crippen molar-refractivity contribution in [1.29, 1.82) is 0 Å². The van der Waals surface area contributed by atoms with E-state index in [1.807, 2.05) is 0 Å². The zero-order valence-electron chi connectivity index (χ0n) is 8.62. The summed E-state index contributed by atoms with van der Waals surface area (Å²) in [6.07, 6.45) is 2.74. The van der Waals surface area contributed by atoms with Crippen LogP contribution < -0.4 is 5.32 Å². The summed E-state index contributed by atoms with van der Waals surface area (Å²) in [6.45, 7) is 1.58. The molecule has 1 rings (SSSR count). The summed E-state index contributed by atoms with van der Waals surface area (Å²) in [6, 6.07) is -0.571. The van der Waals surface area contributed by atoms with Gasteiger partial charge in [0.25, 0.3) is 5.95 Å². The minimum Gasteiger partial charge on any atom is -0.480 e. The van der Waals surface area contributed by atoms with Crippen molar-refractivity contribution in [2.24, 2.45) is 0 Å². The lowest BCUT2D eigenvalue weighted by Gasteiger charge is -2.17. The molecule has 0 fully saturated rings. The van der Waals surface area contributed by atoms with Crippen molar-refractivity contribution in [3.63, 3.8) is 0 Å². The second-order valence-electron chi connectivity index (χ2n) is 2.80. The Bertz CT molecular complexity index is 369. The number of anilines is 1. The molecule has 0 aliphatic heterocycles. The van der Waals surface area contributed by atoms with Crippen molar-refractivity contribution >= 4 is 17.9 Å². The summed E-state index contributed by atoms with van der Waals surface area (Å²) in [5.74, 6) is -1.04. The molecule has 8 heteroatoms. The Hall–Kier alpha value is -2.25. The molecule has 0 unspecified atom stereocenters. The first-order valence-corrected chi connectivity index (χ1v) is 4.55. The number of amides is 2. The van der Waals surface area contributed by atoms with Gasteiger partial charge >= 0.3 is 12.0 Å². The number of carboxylic acid groups (broad SMARTS) is 1. The summed E-state index contributed by atoms with van der Waals surface area (Å²) in [5, 5.41) is 18.0. The van der Waals surface area contributed by atoms with Gasteiger partial charge in [0.2, 0.25) is 0 Å². The lowest BCUT2D eigenvalue weighted by Crippen LogP contribution is -2.38. The molecule has 1 aromatic heterocycles. The zero-order chi connectivity index (χ0) is 12.0. The van der Waals surface area contributed by atoms with Crippen LogP contribution in [0.15, 0.2) is 12.4 Å². The van der Waals surface area contributed by atoms with E-state index in [1.165, 1.54) is 12.4 Å². The molecular weight excluding hydrogens is 214 g/mol. The van der Waals surface area contributed by atoms with Gasteiger partial charge in [0, 0.05) is 6.54 Å². The molecule has 8 nitrogen and oxygen atoms in total. The molecule has 1 aromatic rings. The minimum atomic E-state index is -1.08. The van der Waals surface area contributed by atoms with Crippen LogP contribution in [0.2, 0.25) is 0 Å². The molecule has 0 aromatic carbocycles. The van der Waals surface area contributed by atoms with Gasteiger partial charge < -0.3 is 10.0 Å². The van der Waals surface area contributed by atoms with Crippen molar-refractivity contribution in [2.45, 2.75) is 6.92 Å². The van der Waals surface area contributed by atoms with E-state index >= 15 is 0 Å². The number of nitrogens with zero attached hydrogens (tertiary/aromatic N) is 4. The maximum Gasteiger partial charge on any atom is 0.324 e. The monoisotopic (exact) mass is 225 g/mol. The molecule has 2 N–H and O–H groups in total. The average molecular weight is 225 g/mol. The van der Waals surface area contributed by atoms with Gasteiger partial charge in [-0.3, -0.25) is 10.1 Å². The van der Waals surface area contributed by atoms with Gasteiger partial charge in [-0.1, -0.05) is 0 Å². The standard InChI is InChI=1S/C8H11N5O3/c1-2-13(5-6(14)15)8(16)11-7-9-3-4-10-12-7/h3-4H,2,5H2,1H3,(H,14,15)(H,9,11,12,16). The van der Waals surface area contributed by atoms with Crippen molar-refractivity contribution < 1.29 is 14.7 Å². The highest BCUT2D eigenvalue weighted by Gasteiger charge is 2.15. The number of aliphatic carboxylic acids is 1. The number of urea groups is 1. The van der Waals surface area contributed by atoms with E-state index in [9.17, 15) is 9.59 Å². The van der Waals surface area contributed by atoms with Crippen LogP contribution in [0.5, 0.6) is 0 Å². The highest BCUT2D eigenvalue weighted by molar-refractivity contribution is 5.89. The van der Waals surface area contributed by atoms with Crippen LogP contribution in [0.1, 0.15) is 6.92 Å². The number of hydrogen-bond acceptors (Lipinski definition) is 5. The van der Waals surface area contributed by atoms with Gasteiger partial charge in [-0.05, 0) is 6.92 Å². The maximum atomic E-state index is 11.5. The van der Waals surface area contributed by atoms with Crippen LogP contribution in [0, 0.1) is 0 Å². The smallest absolute Gasteiger partial charge is 0.324 e. The number of rotatable bonds is 4. The van der Waals surface area contributed by atoms with Gasteiger partial charge in [0.1, 0.15) is 6.54 Å². The Morgan fingerprint density at radius 2 is 2.25 bits per heavy atom. The van der Waals surface area contributed by atoms with Gasteiger partial charge in [-0.15, -0.1) is 5.10 Å². The van der Waals surface area contributed by atoms with E-state index in [2.05, 4.69) is 20.5 Å². The first-order chi connectivity index (χ1) is 7.63. The van der Waals surface area contributed by atoms with E-state index in [4.69, 9.17) is 5.11 Å². The third-order valence-electron chi connectivity index (χ3n) is 1.70. The minimum absolute atomic E-state index is 0.0383. The fourth-order valence-electron chi connectivity index (χ4n) is 0.970. The summed E-state index contributed by atoms with van der Waals surface area (Å²) in [4.78, 5) is 26.8. The second kappa shape index (κ2) is 5.59. The molecule has 0 radical (unpaired) electrons. The third-order valence-corrected chi connectivity index (χ3v) is 1.70. The number of carbonyl (C=O) groups is 2. The summed E-state index contributed by atoms with van der Waals surface area (Å²) in [5.41, 5.74) is 0. The number of nitrogens with one attached hydrogen (secondary N) is 1. The van der Waals surface area contributed by atoms with E-state index < -0.39 is 12.0 Å². The van der Waals surface area contributed by atoms with Crippen LogP contribution in [0.25, 0.3) is 0 Å². The van der Waals surface area contributed by atoms with Gasteiger partial charge in [-0.2, -0.15) is 5.10 Å². The molecule has 1 heterocycles. The van der Waals surface area contributed by atoms with Crippen molar-refractivity contribution in [3.05, 3.63) is 12.4 Å². The van der Waals surface area contributed by atoms with Gasteiger partial charge in [0.15, 0.2) is 0 Å². The Kier molecular flexibility index (Phi) is 4.13. The van der Waals surface area contributed by atoms with Crippen molar-refractivity contribution in [3.8, 4) is 0 Å². The Balaban J connectivity index is 2.59. The quantitative estimate of drug-likeness (QED) is 0.735. The zero-order valence-corrected chi connectivity index (χ0v) is 8.62. The second-order valence-corrected chi connectivity index (χ2v) is 2.80. The Labute approximate surface area is 91.3 Å². The first-order valence-electron chi connectivity index (χ1n) is 4.55.